The highest BCUT2D eigenvalue weighted by atomic mass is 32.2. The van der Waals surface area contributed by atoms with E-state index in [1.807, 2.05) is 0 Å². The van der Waals surface area contributed by atoms with Gasteiger partial charge in [0.15, 0.2) is 0 Å². The molecular weight excluding hydrogens is 319 g/mol. The van der Waals surface area contributed by atoms with Crippen molar-refractivity contribution in [1.29, 1.82) is 0 Å². The monoisotopic (exact) mass is 329 g/mol. The van der Waals surface area contributed by atoms with Crippen LogP contribution < -0.4 is 4.18 Å². The first-order chi connectivity index (χ1) is 9.53. The van der Waals surface area contributed by atoms with Gasteiger partial charge >= 0.3 is 21.7 Å². The van der Waals surface area contributed by atoms with E-state index in [0.29, 0.717) is 5.69 Å². The summed E-state index contributed by atoms with van der Waals surface area (Å²) in [6.07, 6.45) is -1.12. The molecule has 8 nitrogen and oxygen atoms in total. The average Bonchev–Trinajstić information content (AvgIpc) is 2.68. The zero-order valence-corrected chi connectivity index (χ0v) is 11.3. The standard InChI is InChI=1S/C9H10F3N3O5S/c1-4-2-6-5(3-15(4)8(16)17)7(14-13-6)20-21(18,19)9(10,11)12/h4H,2-3H2,1H3,(H,13,14)(H,16,17). The zero-order chi connectivity index (χ0) is 16.0. The Morgan fingerprint density at radius 1 is 1.52 bits per heavy atom. The Morgan fingerprint density at radius 2 is 2.14 bits per heavy atom. The van der Waals surface area contributed by atoms with Crippen molar-refractivity contribution in [2.24, 2.45) is 0 Å². The number of alkyl halides is 3. The number of nitrogens with zero attached hydrogens (tertiary/aromatic N) is 2. The van der Waals surface area contributed by atoms with Gasteiger partial charge < -0.3 is 14.2 Å². The van der Waals surface area contributed by atoms with Crippen LogP contribution in [0.1, 0.15) is 18.2 Å². The van der Waals surface area contributed by atoms with Gasteiger partial charge in [-0.25, -0.2) is 4.79 Å². The molecule has 0 radical (unpaired) electrons. The van der Waals surface area contributed by atoms with E-state index >= 15 is 0 Å². The summed E-state index contributed by atoms with van der Waals surface area (Å²) in [5.74, 6) is -0.791. The van der Waals surface area contributed by atoms with Gasteiger partial charge in [-0.05, 0) is 6.92 Å². The van der Waals surface area contributed by atoms with Crippen molar-refractivity contribution >= 4 is 16.2 Å². The fraction of sp³-hybridized carbons (Fsp3) is 0.556. The van der Waals surface area contributed by atoms with Crippen molar-refractivity contribution in [2.75, 3.05) is 0 Å². The molecule has 0 aliphatic carbocycles. The van der Waals surface area contributed by atoms with Crippen molar-refractivity contribution in [2.45, 2.75) is 31.4 Å². The molecule has 0 saturated heterocycles. The third-order valence-electron chi connectivity index (χ3n) is 2.99. The van der Waals surface area contributed by atoms with Crippen molar-refractivity contribution in [1.82, 2.24) is 15.1 Å². The molecule has 1 aliphatic heterocycles. The van der Waals surface area contributed by atoms with Crippen LogP contribution in [0.2, 0.25) is 0 Å². The second kappa shape index (κ2) is 4.79. The largest absolute Gasteiger partial charge is 0.534 e. The Balaban J connectivity index is 2.33. The number of hydrogen-bond donors (Lipinski definition) is 2. The molecule has 1 atom stereocenters. The lowest BCUT2D eigenvalue weighted by Gasteiger charge is -2.30. The SMILES string of the molecule is CC1Cc2[nH]nc(OS(=O)(=O)C(F)(F)F)c2CN1C(=O)O. The molecule has 118 valence electrons. The number of halogens is 3. The molecule has 0 aromatic carbocycles. The lowest BCUT2D eigenvalue weighted by molar-refractivity contribution is -0.0501. The van der Waals surface area contributed by atoms with E-state index in [4.69, 9.17) is 5.11 Å². The predicted octanol–water partition coefficient (Wildman–Crippen LogP) is 1.06. The molecule has 1 unspecified atom stereocenters. The number of aromatic nitrogens is 2. The fourth-order valence-electron chi connectivity index (χ4n) is 1.92. The summed E-state index contributed by atoms with van der Waals surface area (Å²) in [5, 5.41) is 14.7. The Bertz CT molecular complexity index is 669. The molecule has 0 spiro atoms. The maximum Gasteiger partial charge on any atom is 0.534 e. The number of carboxylic acid groups (broad SMARTS) is 1. The summed E-state index contributed by atoms with van der Waals surface area (Å²) >= 11 is 0. The van der Waals surface area contributed by atoms with Crippen LogP contribution in [0, 0.1) is 0 Å². The molecular formula is C9H10F3N3O5S. The van der Waals surface area contributed by atoms with Crippen LogP contribution >= 0.6 is 0 Å². The summed E-state index contributed by atoms with van der Waals surface area (Å²) in [5.41, 5.74) is -5.27. The van der Waals surface area contributed by atoms with Gasteiger partial charge in [0.25, 0.3) is 5.88 Å². The van der Waals surface area contributed by atoms with Gasteiger partial charge in [-0.3, -0.25) is 5.10 Å². The third-order valence-corrected chi connectivity index (χ3v) is 3.94. The van der Waals surface area contributed by atoms with Crippen LogP contribution in [0.25, 0.3) is 0 Å². The average molecular weight is 329 g/mol. The molecule has 1 aromatic rings. The van der Waals surface area contributed by atoms with E-state index in [9.17, 15) is 26.4 Å². The van der Waals surface area contributed by atoms with E-state index in [1.165, 1.54) is 0 Å². The van der Waals surface area contributed by atoms with E-state index in [-0.39, 0.29) is 18.5 Å². The number of H-pyrrole nitrogens is 1. The Hall–Kier alpha value is -1.98. The van der Waals surface area contributed by atoms with Gasteiger partial charge in [0.05, 0.1) is 12.1 Å². The third kappa shape index (κ3) is 2.75. The fourth-order valence-corrected chi connectivity index (χ4v) is 2.36. The summed E-state index contributed by atoms with van der Waals surface area (Å²) in [6.45, 7) is 1.29. The molecule has 2 rings (SSSR count). The molecule has 0 bridgehead atoms. The summed E-state index contributed by atoms with van der Waals surface area (Å²) in [7, 11) is -5.85. The normalized spacial score (nSPS) is 19.2. The molecule has 1 aromatic heterocycles. The van der Waals surface area contributed by atoms with Crippen LogP contribution in [0.4, 0.5) is 18.0 Å². The molecule has 2 heterocycles. The molecule has 0 saturated carbocycles. The number of fused-ring (bicyclic) bond motifs is 1. The molecule has 1 aliphatic rings. The first kappa shape index (κ1) is 15.4. The minimum atomic E-state index is -5.85. The second-order valence-electron chi connectivity index (χ2n) is 4.43. The highest BCUT2D eigenvalue weighted by Crippen LogP contribution is 2.32. The van der Waals surface area contributed by atoms with Gasteiger partial charge in [-0.1, -0.05) is 0 Å². The summed E-state index contributed by atoms with van der Waals surface area (Å²) in [4.78, 5) is 12.0. The Kier molecular flexibility index (Phi) is 3.51. The number of aromatic amines is 1. The maximum absolute atomic E-state index is 12.3. The van der Waals surface area contributed by atoms with E-state index in [0.717, 1.165) is 4.90 Å². The first-order valence-electron chi connectivity index (χ1n) is 5.59. The van der Waals surface area contributed by atoms with E-state index < -0.39 is 33.6 Å². The predicted molar refractivity (Wildman–Crippen MR) is 60.9 cm³/mol. The molecule has 0 fully saturated rings. The highest BCUT2D eigenvalue weighted by molar-refractivity contribution is 7.87. The number of carbonyl (C=O) groups is 1. The quantitative estimate of drug-likeness (QED) is 0.620. The number of amides is 1. The van der Waals surface area contributed by atoms with Crippen LogP contribution in [0.5, 0.6) is 5.88 Å². The lowest BCUT2D eigenvalue weighted by Crippen LogP contribution is -2.41. The number of rotatable bonds is 2. The maximum atomic E-state index is 12.3. The lowest BCUT2D eigenvalue weighted by atomic mass is 10.0. The van der Waals surface area contributed by atoms with Crippen molar-refractivity contribution in [3.63, 3.8) is 0 Å². The van der Waals surface area contributed by atoms with Crippen molar-refractivity contribution in [3.05, 3.63) is 11.3 Å². The van der Waals surface area contributed by atoms with Gasteiger partial charge in [0.1, 0.15) is 0 Å². The molecule has 1 amide bonds. The Morgan fingerprint density at radius 3 is 2.67 bits per heavy atom. The van der Waals surface area contributed by atoms with Gasteiger partial charge in [0.2, 0.25) is 0 Å². The minimum Gasteiger partial charge on any atom is -0.465 e. The minimum absolute atomic E-state index is 0.0247. The highest BCUT2D eigenvalue weighted by Gasteiger charge is 2.49. The van der Waals surface area contributed by atoms with Gasteiger partial charge in [-0.2, -0.15) is 21.6 Å². The zero-order valence-electron chi connectivity index (χ0n) is 10.5. The van der Waals surface area contributed by atoms with Crippen molar-refractivity contribution in [3.8, 4) is 5.88 Å². The van der Waals surface area contributed by atoms with Crippen LogP contribution in [-0.4, -0.2) is 46.3 Å². The van der Waals surface area contributed by atoms with Gasteiger partial charge in [-0.15, -0.1) is 5.10 Å². The summed E-state index contributed by atoms with van der Waals surface area (Å²) in [6, 6.07) is -0.428. The molecule has 2 N–H and O–H groups in total. The smallest absolute Gasteiger partial charge is 0.465 e. The second-order valence-corrected chi connectivity index (χ2v) is 5.97. The Labute approximate surface area is 116 Å². The first-order valence-corrected chi connectivity index (χ1v) is 7.00. The van der Waals surface area contributed by atoms with Crippen LogP contribution in [0.15, 0.2) is 0 Å². The van der Waals surface area contributed by atoms with Crippen LogP contribution in [0.3, 0.4) is 0 Å². The van der Waals surface area contributed by atoms with Crippen molar-refractivity contribution < 1.29 is 35.7 Å². The molecule has 12 heteroatoms. The van der Waals surface area contributed by atoms with E-state index in [2.05, 4.69) is 14.4 Å². The number of hydrogen-bond acceptors (Lipinski definition) is 5. The summed E-state index contributed by atoms with van der Waals surface area (Å²) < 4.78 is 62.7. The van der Waals surface area contributed by atoms with Gasteiger partial charge in [0, 0.05) is 18.2 Å². The van der Waals surface area contributed by atoms with E-state index in [1.54, 1.807) is 6.92 Å². The van der Waals surface area contributed by atoms with Crippen LogP contribution in [-0.2, 0) is 23.1 Å². The number of nitrogens with one attached hydrogen (secondary N) is 1. The topological polar surface area (TPSA) is 113 Å². The molecule has 21 heavy (non-hydrogen) atoms.